The summed E-state index contributed by atoms with van der Waals surface area (Å²) in [7, 11) is 0. The van der Waals surface area contributed by atoms with E-state index < -0.39 is 6.10 Å². The van der Waals surface area contributed by atoms with E-state index in [1.54, 1.807) is 11.8 Å². The number of carbonyl (C=O) groups excluding carboxylic acids is 1. The Labute approximate surface area is 73.4 Å². The Bertz CT molecular complexity index is 168. The number of aliphatic hydroxyl groups excluding tert-OH is 1. The van der Waals surface area contributed by atoms with E-state index >= 15 is 0 Å². The average Bonchev–Trinajstić information content (AvgIpc) is 2.31. The summed E-state index contributed by atoms with van der Waals surface area (Å²) in [4.78, 5) is 13.1. The maximum absolute atomic E-state index is 11.3. The van der Waals surface area contributed by atoms with E-state index in [1.165, 1.54) is 0 Å². The Morgan fingerprint density at radius 3 is 2.83 bits per heavy atom. The predicted octanol–water partition coefficient (Wildman–Crippen LogP) is 0.626. The lowest BCUT2D eigenvalue weighted by Crippen LogP contribution is -2.32. The fourth-order valence-corrected chi connectivity index (χ4v) is 1.62. The van der Waals surface area contributed by atoms with Gasteiger partial charge in [0, 0.05) is 19.5 Å². The van der Waals surface area contributed by atoms with Crippen LogP contribution >= 0.6 is 0 Å². The van der Waals surface area contributed by atoms with Gasteiger partial charge in [0.05, 0.1) is 6.10 Å². The SMILES string of the molecule is CCC1CC(=O)N(C[C@H](C)O)C1. The molecule has 1 heterocycles. The highest BCUT2D eigenvalue weighted by Crippen LogP contribution is 2.20. The molecule has 0 saturated carbocycles. The number of amides is 1. The van der Waals surface area contributed by atoms with Gasteiger partial charge in [-0.25, -0.2) is 0 Å². The molecule has 0 aliphatic carbocycles. The van der Waals surface area contributed by atoms with Gasteiger partial charge in [0.2, 0.25) is 5.91 Å². The van der Waals surface area contributed by atoms with Gasteiger partial charge in [-0.15, -0.1) is 0 Å². The second kappa shape index (κ2) is 3.90. The van der Waals surface area contributed by atoms with Crippen LogP contribution in [0.15, 0.2) is 0 Å². The van der Waals surface area contributed by atoms with Crippen molar-refractivity contribution in [2.75, 3.05) is 13.1 Å². The number of β-amino-alcohol motifs (C(OH)–C–C–N with tert-alkyl or cyclic N) is 1. The van der Waals surface area contributed by atoms with Crippen LogP contribution in [-0.2, 0) is 4.79 Å². The summed E-state index contributed by atoms with van der Waals surface area (Å²) < 4.78 is 0. The average molecular weight is 171 g/mol. The Balaban J connectivity index is 2.41. The molecule has 1 aliphatic rings. The third kappa shape index (κ3) is 2.21. The van der Waals surface area contributed by atoms with Crippen molar-refractivity contribution in [2.45, 2.75) is 32.8 Å². The molecule has 0 spiro atoms. The van der Waals surface area contributed by atoms with Gasteiger partial charge in [0.1, 0.15) is 0 Å². The van der Waals surface area contributed by atoms with E-state index in [1.807, 2.05) is 0 Å². The monoisotopic (exact) mass is 171 g/mol. The van der Waals surface area contributed by atoms with E-state index in [2.05, 4.69) is 6.92 Å². The van der Waals surface area contributed by atoms with Crippen LogP contribution in [0.3, 0.4) is 0 Å². The van der Waals surface area contributed by atoms with Crippen LogP contribution in [0.1, 0.15) is 26.7 Å². The quantitative estimate of drug-likeness (QED) is 0.676. The molecule has 3 heteroatoms. The maximum Gasteiger partial charge on any atom is 0.223 e. The summed E-state index contributed by atoms with van der Waals surface area (Å²) in [6.07, 6.45) is 1.33. The molecule has 1 rings (SSSR count). The van der Waals surface area contributed by atoms with Crippen molar-refractivity contribution in [1.82, 2.24) is 4.90 Å². The van der Waals surface area contributed by atoms with Crippen molar-refractivity contribution >= 4 is 5.91 Å². The topological polar surface area (TPSA) is 40.5 Å². The van der Waals surface area contributed by atoms with Crippen molar-refractivity contribution in [2.24, 2.45) is 5.92 Å². The first-order chi connectivity index (χ1) is 5.63. The molecule has 1 aliphatic heterocycles. The summed E-state index contributed by atoms with van der Waals surface area (Å²) in [5.41, 5.74) is 0. The van der Waals surface area contributed by atoms with Crippen molar-refractivity contribution in [3.05, 3.63) is 0 Å². The zero-order valence-electron chi connectivity index (χ0n) is 7.79. The standard InChI is InChI=1S/C9H17NO2/c1-3-8-4-9(12)10(6-8)5-7(2)11/h7-8,11H,3-6H2,1-2H3/t7-,8?/m0/s1. The maximum atomic E-state index is 11.3. The number of hydrogen-bond acceptors (Lipinski definition) is 2. The fourth-order valence-electron chi connectivity index (χ4n) is 1.62. The van der Waals surface area contributed by atoms with Crippen LogP contribution in [0, 0.1) is 5.92 Å². The van der Waals surface area contributed by atoms with Crippen LogP contribution in [0.4, 0.5) is 0 Å². The van der Waals surface area contributed by atoms with Gasteiger partial charge in [-0.05, 0) is 12.8 Å². The lowest BCUT2D eigenvalue weighted by atomic mass is 10.1. The first kappa shape index (κ1) is 9.52. The lowest BCUT2D eigenvalue weighted by Gasteiger charge is -2.17. The minimum absolute atomic E-state index is 0.197. The van der Waals surface area contributed by atoms with E-state index in [9.17, 15) is 4.79 Å². The molecule has 1 amide bonds. The first-order valence-electron chi connectivity index (χ1n) is 4.59. The molecule has 1 saturated heterocycles. The summed E-state index contributed by atoms with van der Waals surface area (Å²) in [5, 5.41) is 9.10. The molecular formula is C9H17NO2. The Kier molecular flexibility index (Phi) is 3.09. The third-order valence-corrected chi connectivity index (χ3v) is 2.36. The molecule has 0 bridgehead atoms. The molecule has 0 radical (unpaired) electrons. The zero-order chi connectivity index (χ0) is 9.14. The van der Waals surface area contributed by atoms with Gasteiger partial charge in [-0.1, -0.05) is 13.3 Å². The van der Waals surface area contributed by atoms with Crippen LogP contribution in [0.2, 0.25) is 0 Å². The van der Waals surface area contributed by atoms with Crippen LogP contribution < -0.4 is 0 Å². The molecule has 1 unspecified atom stereocenters. The molecule has 1 N–H and O–H groups in total. The number of carbonyl (C=O) groups is 1. The van der Waals surface area contributed by atoms with Gasteiger partial charge in [-0.3, -0.25) is 4.79 Å². The van der Waals surface area contributed by atoms with Gasteiger partial charge in [-0.2, -0.15) is 0 Å². The number of likely N-dealkylation sites (tertiary alicyclic amines) is 1. The molecule has 70 valence electrons. The molecule has 0 aromatic carbocycles. The van der Waals surface area contributed by atoms with Crippen LogP contribution in [0.5, 0.6) is 0 Å². The number of aliphatic hydroxyl groups is 1. The highest BCUT2D eigenvalue weighted by molar-refractivity contribution is 5.78. The lowest BCUT2D eigenvalue weighted by molar-refractivity contribution is -0.128. The molecule has 0 aromatic rings. The van der Waals surface area contributed by atoms with Crippen molar-refractivity contribution < 1.29 is 9.90 Å². The minimum Gasteiger partial charge on any atom is -0.392 e. The predicted molar refractivity (Wildman–Crippen MR) is 46.7 cm³/mol. The smallest absolute Gasteiger partial charge is 0.223 e. The first-order valence-corrected chi connectivity index (χ1v) is 4.59. The second-order valence-electron chi connectivity index (χ2n) is 3.63. The van der Waals surface area contributed by atoms with E-state index in [-0.39, 0.29) is 5.91 Å². The number of hydrogen-bond donors (Lipinski definition) is 1. The largest absolute Gasteiger partial charge is 0.392 e. The van der Waals surface area contributed by atoms with E-state index in [4.69, 9.17) is 5.11 Å². The molecule has 3 nitrogen and oxygen atoms in total. The van der Waals surface area contributed by atoms with Crippen molar-refractivity contribution in [3.8, 4) is 0 Å². The Morgan fingerprint density at radius 2 is 2.42 bits per heavy atom. The summed E-state index contributed by atoms with van der Waals surface area (Å²) >= 11 is 0. The molecule has 12 heavy (non-hydrogen) atoms. The Morgan fingerprint density at radius 1 is 1.75 bits per heavy atom. The van der Waals surface area contributed by atoms with E-state index in [0.29, 0.717) is 18.9 Å². The molecule has 0 aromatic heterocycles. The highest BCUT2D eigenvalue weighted by atomic mass is 16.3. The van der Waals surface area contributed by atoms with Crippen LogP contribution in [-0.4, -0.2) is 35.1 Å². The molecular weight excluding hydrogens is 154 g/mol. The van der Waals surface area contributed by atoms with Gasteiger partial charge >= 0.3 is 0 Å². The van der Waals surface area contributed by atoms with Crippen molar-refractivity contribution in [1.29, 1.82) is 0 Å². The highest BCUT2D eigenvalue weighted by Gasteiger charge is 2.28. The third-order valence-electron chi connectivity index (χ3n) is 2.36. The fraction of sp³-hybridized carbons (Fsp3) is 0.889. The van der Waals surface area contributed by atoms with E-state index in [0.717, 1.165) is 13.0 Å². The Hall–Kier alpha value is -0.570. The minimum atomic E-state index is -0.399. The normalized spacial score (nSPS) is 26.4. The van der Waals surface area contributed by atoms with Crippen LogP contribution in [0.25, 0.3) is 0 Å². The summed E-state index contributed by atoms with van der Waals surface area (Å²) in [5.74, 6) is 0.707. The number of nitrogens with zero attached hydrogens (tertiary/aromatic N) is 1. The second-order valence-corrected chi connectivity index (χ2v) is 3.63. The molecule has 1 fully saturated rings. The van der Waals surface area contributed by atoms with Crippen molar-refractivity contribution in [3.63, 3.8) is 0 Å². The van der Waals surface area contributed by atoms with Gasteiger partial charge in [0.15, 0.2) is 0 Å². The van der Waals surface area contributed by atoms with Gasteiger partial charge < -0.3 is 10.0 Å². The molecule has 2 atom stereocenters. The van der Waals surface area contributed by atoms with Gasteiger partial charge in [0.25, 0.3) is 0 Å². The summed E-state index contributed by atoms with van der Waals surface area (Å²) in [6.45, 7) is 5.14. The zero-order valence-corrected chi connectivity index (χ0v) is 7.79. The summed E-state index contributed by atoms with van der Waals surface area (Å²) in [6, 6.07) is 0. The number of rotatable bonds is 3.